The zero-order valence-corrected chi connectivity index (χ0v) is 13.1. The Balaban J connectivity index is 2.23. The summed E-state index contributed by atoms with van der Waals surface area (Å²) in [4.78, 5) is 28.9. The summed E-state index contributed by atoms with van der Waals surface area (Å²) in [6, 6.07) is 0. The number of hydrogen-bond acceptors (Lipinski definition) is 5. The number of carbonyl (C=O) groups excluding carboxylic acids is 1. The van der Waals surface area contributed by atoms with E-state index in [2.05, 4.69) is 6.58 Å². The van der Waals surface area contributed by atoms with E-state index >= 15 is 0 Å². The average Bonchev–Trinajstić information content (AvgIpc) is 2.24. The van der Waals surface area contributed by atoms with Crippen molar-refractivity contribution in [2.24, 2.45) is 0 Å². The molecule has 1 aliphatic heterocycles. The Labute approximate surface area is 121 Å². The molecule has 1 rings (SSSR count). The van der Waals surface area contributed by atoms with Gasteiger partial charge in [0.05, 0.1) is 6.16 Å². The maximum atomic E-state index is 11.5. The van der Waals surface area contributed by atoms with Gasteiger partial charge >= 0.3 is 13.6 Å². The summed E-state index contributed by atoms with van der Waals surface area (Å²) >= 11 is 3.40. The van der Waals surface area contributed by atoms with Crippen LogP contribution in [0.5, 0.6) is 0 Å². The third-order valence-corrected chi connectivity index (χ3v) is 5.69. The van der Waals surface area contributed by atoms with Crippen molar-refractivity contribution < 1.29 is 23.9 Å². The average molecular weight is 326 g/mol. The minimum absolute atomic E-state index is 0.0592. The van der Waals surface area contributed by atoms with Gasteiger partial charge in [-0.1, -0.05) is 12.2 Å². The molecule has 2 N–H and O–H groups in total. The van der Waals surface area contributed by atoms with Gasteiger partial charge < -0.3 is 14.5 Å². The molecule has 0 radical (unpaired) electrons. The second-order valence-electron chi connectivity index (χ2n) is 4.38. The monoisotopic (exact) mass is 326 g/mol. The molecule has 1 heterocycles. The van der Waals surface area contributed by atoms with Gasteiger partial charge in [-0.2, -0.15) is 23.5 Å². The van der Waals surface area contributed by atoms with Gasteiger partial charge in [-0.25, -0.2) is 0 Å². The van der Waals surface area contributed by atoms with Gasteiger partial charge in [0.25, 0.3) is 0 Å². The lowest BCUT2D eigenvalue weighted by Crippen LogP contribution is -2.25. The third kappa shape index (κ3) is 8.76. The molecule has 0 atom stereocenters. The first-order valence-electron chi connectivity index (χ1n) is 5.93. The fourth-order valence-electron chi connectivity index (χ4n) is 1.50. The van der Waals surface area contributed by atoms with E-state index in [9.17, 15) is 9.36 Å². The molecule has 0 unspecified atom stereocenters. The van der Waals surface area contributed by atoms with Crippen LogP contribution in [0, 0.1) is 0 Å². The maximum Gasteiger partial charge on any atom is 0.325 e. The van der Waals surface area contributed by atoms with E-state index in [-0.39, 0.29) is 31.1 Å². The molecular weight excluding hydrogens is 307 g/mol. The van der Waals surface area contributed by atoms with Crippen molar-refractivity contribution in [3.8, 4) is 0 Å². The Kier molecular flexibility index (Phi) is 7.54. The highest BCUT2D eigenvalue weighted by Gasteiger charge is 2.19. The summed E-state index contributed by atoms with van der Waals surface area (Å²) in [7, 11) is -4.01. The van der Waals surface area contributed by atoms with Gasteiger partial charge in [0, 0.05) is 29.4 Å². The number of thioether (sulfide) groups is 2. The van der Waals surface area contributed by atoms with Crippen LogP contribution in [0.15, 0.2) is 12.2 Å². The van der Waals surface area contributed by atoms with Gasteiger partial charge in [0.2, 0.25) is 0 Å². The number of rotatable bonds is 5. The minimum Gasteiger partial charge on any atom is -0.461 e. The standard InChI is InChI=1S/C11H19O5PS2/c1-9-5-18-7-10(8-19-6-9)16-11(12)3-2-4-17(13,14)15/h10H,1-8H2,(H2,13,14,15). The fourth-order valence-corrected chi connectivity index (χ4v) is 4.26. The molecule has 0 saturated carbocycles. The quantitative estimate of drug-likeness (QED) is 0.453. The Morgan fingerprint density at radius 2 is 1.95 bits per heavy atom. The first-order valence-corrected chi connectivity index (χ1v) is 10.0. The number of ether oxygens (including phenoxy) is 1. The van der Waals surface area contributed by atoms with Gasteiger partial charge in [-0.05, 0) is 6.42 Å². The Hall–Kier alpha value is 0.0600. The van der Waals surface area contributed by atoms with Crippen LogP contribution in [-0.2, 0) is 14.1 Å². The topological polar surface area (TPSA) is 83.8 Å². The Morgan fingerprint density at radius 1 is 1.37 bits per heavy atom. The minimum atomic E-state index is -4.01. The first kappa shape index (κ1) is 17.1. The predicted molar refractivity (Wildman–Crippen MR) is 79.8 cm³/mol. The van der Waals surface area contributed by atoms with Gasteiger partial charge in [-0.15, -0.1) is 0 Å². The van der Waals surface area contributed by atoms with Crippen LogP contribution in [0.2, 0.25) is 0 Å². The molecule has 0 spiro atoms. The third-order valence-electron chi connectivity index (χ3n) is 2.35. The van der Waals surface area contributed by atoms with Gasteiger partial charge in [0.1, 0.15) is 6.10 Å². The van der Waals surface area contributed by atoms with Crippen molar-refractivity contribution in [3.63, 3.8) is 0 Å². The number of hydrogen-bond donors (Lipinski definition) is 2. The number of esters is 1. The lowest BCUT2D eigenvalue weighted by molar-refractivity contribution is -0.146. The van der Waals surface area contributed by atoms with E-state index in [1.807, 2.05) is 0 Å². The molecule has 8 heteroatoms. The van der Waals surface area contributed by atoms with Crippen molar-refractivity contribution in [1.82, 2.24) is 0 Å². The van der Waals surface area contributed by atoms with E-state index in [1.54, 1.807) is 23.5 Å². The summed E-state index contributed by atoms with van der Waals surface area (Å²) in [5.41, 5.74) is 1.20. The van der Waals surface area contributed by atoms with Crippen LogP contribution in [0.1, 0.15) is 12.8 Å². The van der Waals surface area contributed by atoms with Crippen molar-refractivity contribution in [2.75, 3.05) is 29.2 Å². The highest BCUT2D eigenvalue weighted by atomic mass is 32.2. The molecule has 0 aromatic carbocycles. The van der Waals surface area contributed by atoms with Crippen molar-refractivity contribution in [1.29, 1.82) is 0 Å². The Bertz CT molecular complexity index is 356. The normalized spacial score (nSPS) is 18.7. The highest BCUT2D eigenvalue weighted by molar-refractivity contribution is 8.01. The first-order chi connectivity index (χ1) is 8.87. The van der Waals surface area contributed by atoms with Crippen LogP contribution < -0.4 is 0 Å². The molecule has 0 aromatic rings. The molecule has 1 saturated heterocycles. The van der Waals surface area contributed by atoms with E-state index in [1.165, 1.54) is 5.57 Å². The lowest BCUT2D eigenvalue weighted by Gasteiger charge is -2.20. The van der Waals surface area contributed by atoms with E-state index in [4.69, 9.17) is 14.5 Å². The van der Waals surface area contributed by atoms with Crippen LogP contribution in [0.3, 0.4) is 0 Å². The van der Waals surface area contributed by atoms with Gasteiger partial charge in [0.15, 0.2) is 0 Å². The second-order valence-corrected chi connectivity index (χ2v) is 8.22. The van der Waals surface area contributed by atoms with Crippen molar-refractivity contribution in [3.05, 3.63) is 12.2 Å². The summed E-state index contributed by atoms with van der Waals surface area (Å²) in [5, 5.41) is 0. The maximum absolute atomic E-state index is 11.5. The smallest absolute Gasteiger partial charge is 0.325 e. The predicted octanol–water partition coefficient (Wildman–Crippen LogP) is 1.89. The molecule has 1 fully saturated rings. The zero-order chi connectivity index (χ0) is 14.3. The molecule has 0 amide bonds. The van der Waals surface area contributed by atoms with Crippen LogP contribution in [0.25, 0.3) is 0 Å². The fraction of sp³-hybridized carbons (Fsp3) is 0.727. The zero-order valence-electron chi connectivity index (χ0n) is 10.6. The van der Waals surface area contributed by atoms with Gasteiger partial charge in [-0.3, -0.25) is 9.36 Å². The molecule has 19 heavy (non-hydrogen) atoms. The molecule has 0 aromatic heterocycles. The Morgan fingerprint density at radius 3 is 2.47 bits per heavy atom. The molecule has 0 bridgehead atoms. The lowest BCUT2D eigenvalue weighted by atomic mass is 10.3. The van der Waals surface area contributed by atoms with Crippen LogP contribution >= 0.6 is 31.1 Å². The largest absolute Gasteiger partial charge is 0.461 e. The summed E-state index contributed by atoms with van der Waals surface area (Å²) < 4.78 is 16.0. The molecule has 1 aliphatic rings. The van der Waals surface area contributed by atoms with Crippen molar-refractivity contribution in [2.45, 2.75) is 18.9 Å². The molecule has 5 nitrogen and oxygen atoms in total. The summed E-state index contributed by atoms with van der Waals surface area (Å²) in [6.07, 6.45) is -0.169. The summed E-state index contributed by atoms with van der Waals surface area (Å²) in [6.45, 7) is 3.94. The second kappa shape index (κ2) is 8.37. The van der Waals surface area contributed by atoms with Crippen LogP contribution in [-0.4, -0.2) is 51.0 Å². The molecule has 0 aliphatic carbocycles. The highest BCUT2D eigenvalue weighted by Crippen LogP contribution is 2.35. The van der Waals surface area contributed by atoms with Crippen molar-refractivity contribution >= 4 is 37.1 Å². The SMILES string of the molecule is C=C1CSCC(OC(=O)CCCP(=O)(O)O)CSC1. The summed E-state index contributed by atoms with van der Waals surface area (Å²) in [5.74, 6) is 2.89. The number of carbonyl (C=O) groups is 1. The van der Waals surface area contributed by atoms with E-state index in [0.29, 0.717) is 0 Å². The molecule has 110 valence electrons. The van der Waals surface area contributed by atoms with E-state index in [0.717, 1.165) is 23.0 Å². The van der Waals surface area contributed by atoms with E-state index < -0.39 is 7.60 Å². The molecular formula is C11H19O5PS2. The van der Waals surface area contributed by atoms with Crippen LogP contribution in [0.4, 0.5) is 0 Å².